The van der Waals surface area contributed by atoms with Crippen LogP contribution in [0.25, 0.3) is 11.1 Å². The standard InChI is InChI=1S/C18H20BrN/c1-12-4-6-14-15-7-5-13(2)11-17(15)18(16(14)10-12)20-9-3-8-19/h4-7,10-11,18,20H,3,8-9H2,1-2H3. The zero-order valence-electron chi connectivity index (χ0n) is 12.0. The highest BCUT2D eigenvalue weighted by atomic mass is 79.9. The van der Waals surface area contributed by atoms with Gasteiger partial charge in [-0.05, 0) is 49.1 Å². The predicted molar refractivity (Wildman–Crippen MR) is 89.6 cm³/mol. The van der Waals surface area contributed by atoms with E-state index < -0.39 is 0 Å². The van der Waals surface area contributed by atoms with Crippen molar-refractivity contribution < 1.29 is 0 Å². The number of nitrogens with one attached hydrogen (secondary N) is 1. The molecule has 20 heavy (non-hydrogen) atoms. The van der Waals surface area contributed by atoms with Crippen molar-refractivity contribution in [2.24, 2.45) is 0 Å². The van der Waals surface area contributed by atoms with Crippen LogP contribution in [0, 0.1) is 13.8 Å². The topological polar surface area (TPSA) is 12.0 Å². The van der Waals surface area contributed by atoms with E-state index in [1.807, 2.05) is 0 Å². The van der Waals surface area contributed by atoms with Gasteiger partial charge in [-0.25, -0.2) is 0 Å². The monoisotopic (exact) mass is 329 g/mol. The molecule has 0 heterocycles. The number of benzene rings is 2. The van der Waals surface area contributed by atoms with Gasteiger partial charge in [-0.3, -0.25) is 0 Å². The first kappa shape index (κ1) is 13.8. The van der Waals surface area contributed by atoms with Crippen molar-refractivity contribution in [2.45, 2.75) is 26.3 Å². The number of rotatable bonds is 4. The largest absolute Gasteiger partial charge is 0.306 e. The Hall–Kier alpha value is -1.12. The number of halogens is 1. The van der Waals surface area contributed by atoms with Crippen LogP contribution in [-0.2, 0) is 0 Å². The van der Waals surface area contributed by atoms with E-state index in [2.05, 4.69) is 71.5 Å². The maximum absolute atomic E-state index is 3.72. The van der Waals surface area contributed by atoms with Crippen LogP contribution >= 0.6 is 15.9 Å². The van der Waals surface area contributed by atoms with Crippen molar-refractivity contribution in [2.75, 3.05) is 11.9 Å². The molecule has 0 saturated carbocycles. The fourth-order valence-electron chi connectivity index (χ4n) is 3.03. The second kappa shape index (κ2) is 5.71. The third-order valence-electron chi connectivity index (χ3n) is 3.99. The highest BCUT2D eigenvalue weighted by Gasteiger charge is 2.28. The van der Waals surface area contributed by atoms with Crippen molar-refractivity contribution in [1.82, 2.24) is 5.32 Å². The first-order chi connectivity index (χ1) is 9.70. The third-order valence-corrected chi connectivity index (χ3v) is 4.55. The lowest BCUT2D eigenvalue weighted by molar-refractivity contribution is 0.610. The molecule has 0 unspecified atom stereocenters. The van der Waals surface area contributed by atoms with Crippen LogP contribution in [0.1, 0.15) is 34.7 Å². The van der Waals surface area contributed by atoms with Gasteiger partial charge >= 0.3 is 0 Å². The lowest BCUT2D eigenvalue weighted by atomic mass is 10.0. The summed E-state index contributed by atoms with van der Waals surface area (Å²) in [6.07, 6.45) is 1.15. The molecule has 104 valence electrons. The molecule has 0 radical (unpaired) electrons. The quantitative estimate of drug-likeness (QED) is 0.630. The van der Waals surface area contributed by atoms with Crippen LogP contribution in [0.5, 0.6) is 0 Å². The van der Waals surface area contributed by atoms with Crippen LogP contribution in [0.15, 0.2) is 36.4 Å². The van der Waals surface area contributed by atoms with Crippen LogP contribution in [0.3, 0.4) is 0 Å². The molecule has 0 aliphatic heterocycles. The maximum atomic E-state index is 3.72. The molecule has 2 aromatic carbocycles. The summed E-state index contributed by atoms with van der Waals surface area (Å²) < 4.78 is 0. The van der Waals surface area contributed by atoms with E-state index in [9.17, 15) is 0 Å². The van der Waals surface area contributed by atoms with Crippen molar-refractivity contribution in [3.05, 3.63) is 58.7 Å². The van der Waals surface area contributed by atoms with Gasteiger partial charge in [0, 0.05) is 5.33 Å². The Balaban J connectivity index is 2.04. The normalized spacial score (nSPS) is 13.3. The minimum Gasteiger partial charge on any atom is -0.306 e. The van der Waals surface area contributed by atoms with Gasteiger partial charge in [0.25, 0.3) is 0 Å². The lowest BCUT2D eigenvalue weighted by Gasteiger charge is -2.16. The average molecular weight is 330 g/mol. The van der Waals surface area contributed by atoms with Crippen LogP contribution in [-0.4, -0.2) is 11.9 Å². The molecule has 0 saturated heterocycles. The van der Waals surface area contributed by atoms with E-state index in [0.717, 1.165) is 18.3 Å². The summed E-state index contributed by atoms with van der Waals surface area (Å²) in [5.41, 5.74) is 8.31. The minimum absolute atomic E-state index is 0.346. The molecule has 3 rings (SSSR count). The Morgan fingerprint density at radius 3 is 2.00 bits per heavy atom. The minimum atomic E-state index is 0.346. The summed E-state index contributed by atoms with van der Waals surface area (Å²) in [5, 5.41) is 4.77. The SMILES string of the molecule is Cc1ccc2c(c1)C(NCCCBr)c1cc(C)ccc1-2. The van der Waals surface area contributed by atoms with E-state index >= 15 is 0 Å². The molecule has 0 bridgehead atoms. The third kappa shape index (κ3) is 2.43. The average Bonchev–Trinajstić information content (AvgIpc) is 2.72. The zero-order valence-corrected chi connectivity index (χ0v) is 13.6. The molecule has 0 fully saturated rings. The molecule has 1 N–H and O–H groups in total. The van der Waals surface area contributed by atoms with Crippen molar-refractivity contribution in [3.8, 4) is 11.1 Å². The Morgan fingerprint density at radius 1 is 0.950 bits per heavy atom. The van der Waals surface area contributed by atoms with Gasteiger partial charge in [-0.2, -0.15) is 0 Å². The first-order valence-corrected chi connectivity index (χ1v) is 8.33. The molecule has 2 aromatic rings. The summed E-state index contributed by atoms with van der Waals surface area (Å²) >= 11 is 3.51. The van der Waals surface area contributed by atoms with Gasteiger partial charge in [-0.1, -0.05) is 63.5 Å². The molecule has 1 aliphatic rings. The molecule has 0 aromatic heterocycles. The number of aryl methyl sites for hydroxylation is 2. The second-order valence-electron chi connectivity index (χ2n) is 5.61. The van der Waals surface area contributed by atoms with E-state index in [1.54, 1.807) is 0 Å². The summed E-state index contributed by atoms with van der Waals surface area (Å²) in [6, 6.07) is 14.0. The van der Waals surface area contributed by atoms with Gasteiger partial charge in [0.05, 0.1) is 6.04 Å². The van der Waals surface area contributed by atoms with Gasteiger partial charge in [0.15, 0.2) is 0 Å². The molecule has 1 aliphatic carbocycles. The highest BCUT2D eigenvalue weighted by molar-refractivity contribution is 9.09. The van der Waals surface area contributed by atoms with Gasteiger partial charge in [-0.15, -0.1) is 0 Å². The Bertz CT molecular complexity index is 582. The van der Waals surface area contributed by atoms with Crippen molar-refractivity contribution in [3.63, 3.8) is 0 Å². The second-order valence-corrected chi connectivity index (χ2v) is 6.40. The van der Waals surface area contributed by atoms with Gasteiger partial charge < -0.3 is 5.32 Å². The Kier molecular flexibility index (Phi) is 3.95. The Labute approximate surface area is 129 Å². The number of hydrogen-bond acceptors (Lipinski definition) is 1. The summed E-state index contributed by atoms with van der Waals surface area (Å²) in [7, 11) is 0. The van der Waals surface area contributed by atoms with Crippen LogP contribution < -0.4 is 5.32 Å². The van der Waals surface area contributed by atoms with Crippen molar-refractivity contribution >= 4 is 15.9 Å². The molecular weight excluding hydrogens is 310 g/mol. The molecule has 0 spiro atoms. The molecule has 0 amide bonds. The van der Waals surface area contributed by atoms with Crippen LogP contribution in [0.2, 0.25) is 0 Å². The highest BCUT2D eigenvalue weighted by Crippen LogP contribution is 2.44. The fourth-order valence-corrected chi connectivity index (χ4v) is 3.31. The van der Waals surface area contributed by atoms with E-state index in [1.165, 1.54) is 33.4 Å². The maximum Gasteiger partial charge on any atom is 0.0589 e. The summed E-state index contributed by atoms with van der Waals surface area (Å²) in [4.78, 5) is 0. The summed E-state index contributed by atoms with van der Waals surface area (Å²) in [5.74, 6) is 0. The molecule has 0 atom stereocenters. The zero-order chi connectivity index (χ0) is 14.1. The molecule has 1 nitrogen and oxygen atoms in total. The molecule has 2 heteroatoms. The van der Waals surface area contributed by atoms with Crippen molar-refractivity contribution in [1.29, 1.82) is 0 Å². The summed E-state index contributed by atoms with van der Waals surface area (Å²) in [6.45, 7) is 5.38. The smallest absolute Gasteiger partial charge is 0.0589 e. The number of fused-ring (bicyclic) bond motifs is 3. The Morgan fingerprint density at radius 2 is 1.50 bits per heavy atom. The first-order valence-electron chi connectivity index (χ1n) is 7.21. The van der Waals surface area contributed by atoms with Gasteiger partial charge in [0.2, 0.25) is 0 Å². The number of alkyl halides is 1. The fraction of sp³-hybridized carbons (Fsp3) is 0.333. The van der Waals surface area contributed by atoms with E-state index in [4.69, 9.17) is 0 Å². The molecular formula is C18H20BrN. The number of hydrogen-bond donors (Lipinski definition) is 1. The lowest BCUT2D eigenvalue weighted by Crippen LogP contribution is -2.22. The van der Waals surface area contributed by atoms with E-state index in [-0.39, 0.29) is 0 Å². The van der Waals surface area contributed by atoms with E-state index in [0.29, 0.717) is 6.04 Å². The predicted octanol–water partition coefficient (Wildman–Crippen LogP) is 4.75. The van der Waals surface area contributed by atoms with Crippen LogP contribution in [0.4, 0.5) is 0 Å². The van der Waals surface area contributed by atoms with Gasteiger partial charge in [0.1, 0.15) is 0 Å².